The first-order valence-corrected chi connectivity index (χ1v) is 7.20. The molecule has 0 aliphatic heterocycles. The molecule has 2 heteroatoms. The molecule has 4 aromatic rings. The lowest BCUT2D eigenvalue weighted by Crippen LogP contribution is -1.72. The number of hydrogen-bond donors (Lipinski definition) is 1. The first kappa shape index (κ1) is 10.8. The second-order valence-electron chi connectivity index (χ2n) is 4.84. The fourth-order valence-electron chi connectivity index (χ4n) is 2.59. The highest BCUT2D eigenvalue weighted by Crippen LogP contribution is 2.32. The maximum absolute atomic E-state index is 3.47. The predicted octanol–water partition coefficient (Wildman–Crippen LogP) is 5.36. The summed E-state index contributed by atoms with van der Waals surface area (Å²) in [5, 5.41) is 2.60. The van der Waals surface area contributed by atoms with Crippen molar-refractivity contribution in [2.45, 2.75) is 6.92 Å². The Bertz CT molecular complexity index is 882. The quantitative estimate of drug-likeness (QED) is 0.476. The van der Waals surface area contributed by atoms with Crippen molar-refractivity contribution in [2.75, 3.05) is 0 Å². The van der Waals surface area contributed by atoms with Crippen LogP contribution in [0.2, 0.25) is 0 Å². The Labute approximate surface area is 115 Å². The lowest BCUT2D eigenvalue weighted by atomic mass is 10.1. The van der Waals surface area contributed by atoms with Crippen molar-refractivity contribution in [1.82, 2.24) is 4.98 Å². The Kier molecular flexibility index (Phi) is 2.26. The van der Waals surface area contributed by atoms with Gasteiger partial charge in [-0.2, -0.15) is 0 Å². The van der Waals surface area contributed by atoms with E-state index >= 15 is 0 Å². The number of rotatable bonds is 1. The molecule has 0 saturated carbocycles. The van der Waals surface area contributed by atoms with Gasteiger partial charge in [-0.3, -0.25) is 0 Å². The van der Waals surface area contributed by atoms with E-state index in [9.17, 15) is 0 Å². The number of hydrogen-bond acceptors (Lipinski definition) is 1. The second-order valence-corrected chi connectivity index (χ2v) is 6.13. The molecule has 2 heterocycles. The van der Waals surface area contributed by atoms with E-state index in [1.54, 1.807) is 0 Å². The molecule has 0 spiro atoms. The van der Waals surface area contributed by atoms with Gasteiger partial charge in [-0.25, -0.2) is 0 Å². The number of benzene rings is 2. The zero-order chi connectivity index (χ0) is 12.8. The van der Waals surface area contributed by atoms with Gasteiger partial charge in [0.25, 0.3) is 0 Å². The number of H-pyrrole nitrogens is 1. The molecule has 92 valence electrons. The molecular weight excluding hydrogens is 250 g/mol. The number of aromatic nitrogens is 1. The molecule has 0 radical (unpaired) electrons. The van der Waals surface area contributed by atoms with Crippen LogP contribution in [0.25, 0.3) is 32.2 Å². The van der Waals surface area contributed by atoms with E-state index in [4.69, 9.17) is 0 Å². The first-order valence-electron chi connectivity index (χ1n) is 6.38. The summed E-state index contributed by atoms with van der Waals surface area (Å²) in [5.74, 6) is 0. The molecule has 1 N–H and O–H groups in total. The molecule has 1 nitrogen and oxygen atoms in total. The van der Waals surface area contributed by atoms with E-state index in [1.165, 1.54) is 37.1 Å². The molecule has 0 saturated heterocycles. The molecule has 0 aliphatic carbocycles. The number of fused-ring (bicyclic) bond motifs is 3. The molecule has 0 bridgehead atoms. The van der Waals surface area contributed by atoms with Crippen LogP contribution < -0.4 is 0 Å². The Balaban J connectivity index is 2.02. The van der Waals surface area contributed by atoms with Gasteiger partial charge in [0.1, 0.15) is 0 Å². The Morgan fingerprint density at radius 3 is 2.53 bits per heavy atom. The van der Waals surface area contributed by atoms with Gasteiger partial charge in [0, 0.05) is 31.6 Å². The normalized spacial score (nSPS) is 11.4. The van der Waals surface area contributed by atoms with Crippen LogP contribution in [0.1, 0.15) is 4.88 Å². The lowest BCUT2D eigenvalue weighted by Gasteiger charge is -1.98. The van der Waals surface area contributed by atoms with Crippen LogP contribution in [0, 0.1) is 6.92 Å². The smallest absolute Gasteiger partial charge is 0.0465 e. The Hall–Kier alpha value is -2.06. The predicted molar refractivity (Wildman–Crippen MR) is 83.9 cm³/mol. The lowest BCUT2D eigenvalue weighted by molar-refractivity contribution is 1.55. The second kappa shape index (κ2) is 3.97. The third-order valence-corrected chi connectivity index (χ3v) is 4.58. The highest BCUT2D eigenvalue weighted by molar-refractivity contribution is 7.15. The average molecular weight is 263 g/mol. The molecule has 0 unspecified atom stereocenters. The van der Waals surface area contributed by atoms with Gasteiger partial charge in [-0.1, -0.05) is 24.3 Å². The molecule has 0 amide bonds. The highest BCUT2D eigenvalue weighted by atomic mass is 32.1. The van der Waals surface area contributed by atoms with Gasteiger partial charge >= 0.3 is 0 Å². The van der Waals surface area contributed by atoms with Crippen molar-refractivity contribution in [3.63, 3.8) is 0 Å². The van der Waals surface area contributed by atoms with Gasteiger partial charge in [0.15, 0.2) is 0 Å². The molecule has 2 aromatic heterocycles. The SMILES string of the molecule is Cc1ccc(-c2ccc3[nH]c4ccccc4c3c2)s1. The Morgan fingerprint density at radius 2 is 1.68 bits per heavy atom. The molecule has 0 atom stereocenters. The maximum Gasteiger partial charge on any atom is 0.0465 e. The van der Waals surface area contributed by atoms with Gasteiger partial charge < -0.3 is 4.98 Å². The average Bonchev–Trinajstić information content (AvgIpc) is 3.01. The molecule has 19 heavy (non-hydrogen) atoms. The van der Waals surface area contributed by atoms with Crippen molar-refractivity contribution >= 4 is 33.1 Å². The zero-order valence-corrected chi connectivity index (χ0v) is 11.4. The summed E-state index contributed by atoms with van der Waals surface area (Å²) in [6, 6.07) is 19.5. The van der Waals surface area contributed by atoms with E-state index in [-0.39, 0.29) is 0 Å². The summed E-state index contributed by atoms with van der Waals surface area (Å²) < 4.78 is 0. The standard InChI is InChI=1S/C17H13NS/c1-11-6-9-17(19-11)12-7-8-16-14(10-12)13-4-2-3-5-15(13)18-16/h2-10,18H,1H3. The van der Waals surface area contributed by atoms with Gasteiger partial charge in [0.05, 0.1) is 0 Å². The fourth-order valence-corrected chi connectivity index (χ4v) is 3.45. The van der Waals surface area contributed by atoms with Crippen LogP contribution in [-0.4, -0.2) is 4.98 Å². The number of aryl methyl sites for hydroxylation is 1. The summed E-state index contributed by atoms with van der Waals surface area (Å²) in [4.78, 5) is 6.16. The van der Waals surface area contributed by atoms with Gasteiger partial charge in [-0.15, -0.1) is 11.3 Å². The minimum atomic E-state index is 1.21. The molecule has 2 aromatic carbocycles. The summed E-state index contributed by atoms with van der Waals surface area (Å²) in [6.45, 7) is 2.15. The van der Waals surface area contributed by atoms with Crippen LogP contribution in [0.15, 0.2) is 54.6 Å². The first-order chi connectivity index (χ1) is 9.31. The minimum Gasteiger partial charge on any atom is -0.355 e. The van der Waals surface area contributed by atoms with E-state index in [0.29, 0.717) is 0 Å². The highest BCUT2D eigenvalue weighted by Gasteiger charge is 2.06. The summed E-state index contributed by atoms with van der Waals surface area (Å²) in [6.07, 6.45) is 0. The molecule has 4 rings (SSSR count). The molecule has 0 aliphatic rings. The topological polar surface area (TPSA) is 15.8 Å². The van der Waals surface area contributed by atoms with E-state index in [1.807, 2.05) is 11.3 Å². The number of aromatic amines is 1. The van der Waals surface area contributed by atoms with Crippen LogP contribution in [0.3, 0.4) is 0 Å². The number of thiophene rings is 1. The van der Waals surface area contributed by atoms with E-state index in [2.05, 4.69) is 66.5 Å². The van der Waals surface area contributed by atoms with E-state index in [0.717, 1.165) is 0 Å². The minimum absolute atomic E-state index is 1.21. The van der Waals surface area contributed by atoms with Crippen molar-refractivity contribution in [3.05, 3.63) is 59.5 Å². The van der Waals surface area contributed by atoms with Crippen LogP contribution in [0.5, 0.6) is 0 Å². The summed E-state index contributed by atoms with van der Waals surface area (Å²) in [5.41, 5.74) is 3.71. The van der Waals surface area contributed by atoms with E-state index < -0.39 is 0 Å². The van der Waals surface area contributed by atoms with Crippen LogP contribution >= 0.6 is 11.3 Å². The molecular formula is C17H13NS. The van der Waals surface area contributed by atoms with Crippen molar-refractivity contribution < 1.29 is 0 Å². The monoisotopic (exact) mass is 263 g/mol. The van der Waals surface area contributed by atoms with Crippen molar-refractivity contribution in [2.24, 2.45) is 0 Å². The fraction of sp³-hybridized carbons (Fsp3) is 0.0588. The number of nitrogens with one attached hydrogen (secondary N) is 1. The van der Waals surface area contributed by atoms with Crippen molar-refractivity contribution in [1.29, 1.82) is 0 Å². The number of para-hydroxylation sites is 1. The van der Waals surface area contributed by atoms with Crippen molar-refractivity contribution in [3.8, 4) is 10.4 Å². The third kappa shape index (κ3) is 1.68. The third-order valence-electron chi connectivity index (χ3n) is 3.53. The molecule has 0 fully saturated rings. The Morgan fingerprint density at radius 1 is 0.842 bits per heavy atom. The van der Waals surface area contributed by atoms with Gasteiger partial charge in [0.2, 0.25) is 0 Å². The largest absolute Gasteiger partial charge is 0.355 e. The van der Waals surface area contributed by atoms with Crippen LogP contribution in [-0.2, 0) is 0 Å². The van der Waals surface area contributed by atoms with Crippen LogP contribution in [0.4, 0.5) is 0 Å². The summed E-state index contributed by atoms with van der Waals surface area (Å²) >= 11 is 1.85. The zero-order valence-electron chi connectivity index (χ0n) is 10.6. The summed E-state index contributed by atoms with van der Waals surface area (Å²) in [7, 11) is 0. The maximum atomic E-state index is 3.47. The van der Waals surface area contributed by atoms with Gasteiger partial charge in [-0.05, 0) is 42.8 Å².